The summed E-state index contributed by atoms with van der Waals surface area (Å²) in [6.45, 7) is 3.05. The normalized spacial score (nSPS) is 12.9. The largest absolute Gasteiger partial charge is 0.467 e. The van der Waals surface area contributed by atoms with E-state index in [1.54, 1.807) is 24.3 Å². The van der Waals surface area contributed by atoms with Gasteiger partial charge < -0.3 is 20.3 Å². The SMILES string of the molecule is COC(=O)[C@@H](NC(=O)Cc1ccccc1)C(O)(O)C(C)C. The Labute approximate surface area is 123 Å². The quantitative estimate of drug-likeness (QED) is 0.515. The number of methoxy groups -OCH3 is 1. The molecule has 1 aromatic carbocycles. The van der Waals surface area contributed by atoms with E-state index in [9.17, 15) is 19.8 Å². The summed E-state index contributed by atoms with van der Waals surface area (Å²) in [6, 6.07) is 7.39. The zero-order chi connectivity index (χ0) is 16.0. The van der Waals surface area contributed by atoms with Gasteiger partial charge in [0.2, 0.25) is 5.91 Å². The molecular weight excluding hydrogens is 274 g/mol. The standard InChI is InChI=1S/C15H21NO5/c1-10(2)15(19,20)13(14(18)21-3)16-12(17)9-11-7-5-4-6-8-11/h4-8,10,13,19-20H,9H2,1-3H3,(H,16,17)/t13-/m1/s1. The van der Waals surface area contributed by atoms with Gasteiger partial charge in [-0.3, -0.25) is 4.79 Å². The average molecular weight is 295 g/mol. The first-order valence-corrected chi connectivity index (χ1v) is 6.65. The molecule has 1 amide bonds. The van der Waals surface area contributed by atoms with E-state index >= 15 is 0 Å². The number of hydrogen-bond donors (Lipinski definition) is 3. The molecule has 0 aliphatic carbocycles. The molecule has 21 heavy (non-hydrogen) atoms. The molecule has 116 valence electrons. The van der Waals surface area contributed by atoms with Crippen LogP contribution in [0.3, 0.4) is 0 Å². The molecule has 1 aromatic rings. The number of carbonyl (C=O) groups excluding carboxylic acids is 2. The summed E-state index contributed by atoms with van der Waals surface area (Å²) in [5.41, 5.74) is 0.754. The maximum absolute atomic E-state index is 12.0. The van der Waals surface area contributed by atoms with Crippen molar-refractivity contribution in [3.8, 4) is 0 Å². The fraction of sp³-hybridized carbons (Fsp3) is 0.467. The number of amides is 1. The molecular formula is C15H21NO5. The molecule has 6 nitrogen and oxygen atoms in total. The minimum absolute atomic E-state index is 0.0303. The Bertz CT molecular complexity index is 484. The van der Waals surface area contributed by atoms with E-state index in [4.69, 9.17) is 0 Å². The van der Waals surface area contributed by atoms with Crippen LogP contribution in [0.15, 0.2) is 30.3 Å². The van der Waals surface area contributed by atoms with Gasteiger partial charge >= 0.3 is 5.97 Å². The summed E-state index contributed by atoms with van der Waals surface area (Å²) < 4.78 is 4.53. The summed E-state index contributed by atoms with van der Waals surface area (Å²) in [7, 11) is 1.12. The third-order valence-corrected chi connectivity index (χ3v) is 3.22. The van der Waals surface area contributed by atoms with Crippen LogP contribution in [0.2, 0.25) is 0 Å². The lowest BCUT2D eigenvalue weighted by atomic mass is 9.94. The van der Waals surface area contributed by atoms with E-state index in [-0.39, 0.29) is 6.42 Å². The first-order valence-electron chi connectivity index (χ1n) is 6.65. The summed E-state index contributed by atoms with van der Waals surface area (Å²) in [4.78, 5) is 23.7. The molecule has 0 bridgehead atoms. The average Bonchev–Trinajstić information content (AvgIpc) is 2.44. The second-order valence-electron chi connectivity index (χ2n) is 5.12. The van der Waals surface area contributed by atoms with E-state index in [1.165, 1.54) is 13.8 Å². The van der Waals surface area contributed by atoms with Gasteiger partial charge in [0.1, 0.15) is 0 Å². The highest BCUT2D eigenvalue weighted by atomic mass is 16.5. The van der Waals surface area contributed by atoms with E-state index < -0.39 is 29.6 Å². The molecule has 0 unspecified atom stereocenters. The molecule has 0 radical (unpaired) electrons. The van der Waals surface area contributed by atoms with Crippen molar-refractivity contribution in [2.45, 2.75) is 32.1 Å². The molecule has 0 fully saturated rings. The van der Waals surface area contributed by atoms with Crippen molar-refractivity contribution >= 4 is 11.9 Å². The number of aliphatic hydroxyl groups is 2. The van der Waals surface area contributed by atoms with Crippen molar-refractivity contribution in [3.63, 3.8) is 0 Å². The molecule has 1 atom stereocenters. The van der Waals surface area contributed by atoms with Crippen LogP contribution < -0.4 is 5.32 Å². The van der Waals surface area contributed by atoms with Crippen molar-refractivity contribution in [1.29, 1.82) is 0 Å². The molecule has 1 rings (SSSR count). The zero-order valence-corrected chi connectivity index (χ0v) is 12.4. The van der Waals surface area contributed by atoms with Crippen LogP contribution >= 0.6 is 0 Å². The third-order valence-electron chi connectivity index (χ3n) is 3.22. The van der Waals surface area contributed by atoms with Gasteiger partial charge in [0.05, 0.1) is 13.5 Å². The van der Waals surface area contributed by atoms with Crippen LogP contribution in [0.25, 0.3) is 0 Å². The molecule has 3 N–H and O–H groups in total. The predicted octanol–water partition coefficient (Wildman–Crippen LogP) is 0.224. The lowest BCUT2D eigenvalue weighted by molar-refractivity contribution is -0.220. The number of nitrogens with one attached hydrogen (secondary N) is 1. The number of hydrogen-bond acceptors (Lipinski definition) is 5. The Morgan fingerprint density at radius 2 is 1.81 bits per heavy atom. The van der Waals surface area contributed by atoms with Gasteiger partial charge in [0.25, 0.3) is 0 Å². The Hall–Kier alpha value is -1.92. The van der Waals surface area contributed by atoms with E-state index in [2.05, 4.69) is 10.1 Å². The van der Waals surface area contributed by atoms with Crippen LogP contribution in [-0.2, 0) is 20.7 Å². The van der Waals surface area contributed by atoms with Crippen molar-refractivity contribution in [1.82, 2.24) is 5.32 Å². The van der Waals surface area contributed by atoms with Gasteiger partial charge in [0.15, 0.2) is 11.8 Å². The first-order chi connectivity index (χ1) is 9.78. The van der Waals surface area contributed by atoms with Gasteiger partial charge in [-0.05, 0) is 5.56 Å². The molecule has 6 heteroatoms. The van der Waals surface area contributed by atoms with Gasteiger partial charge in [-0.2, -0.15) is 0 Å². The lowest BCUT2D eigenvalue weighted by Gasteiger charge is -2.33. The van der Waals surface area contributed by atoms with Crippen LogP contribution in [-0.4, -0.2) is 41.0 Å². The Morgan fingerprint density at radius 3 is 2.29 bits per heavy atom. The molecule has 0 aliphatic rings. The van der Waals surface area contributed by atoms with Gasteiger partial charge in [0, 0.05) is 5.92 Å². The second kappa shape index (κ2) is 7.19. The third kappa shape index (κ3) is 4.54. The highest BCUT2D eigenvalue weighted by Gasteiger charge is 2.44. The molecule has 0 spiro atoms. The number of esters is 1. The van der Waals surface area contributed by atoms with Crippen molar-refractivity contribution in [2.24, 2.45) is 5.92 Å². The van der Waals surface area contributed by atoms with Crippen LogP contribution in [0, 0.1) is 5.92 Å². The van der Waals surface area contributed by atoms with Gasteiger partial charge in [-0.1, -0.05) is 44.2 Å². The maximum Gasteiger partial charge on any atom is 0.334 e. The monoisotopic (exact) mass is 295 g/mol. The second-order valence-corrected chi connectivity index (χ2v) is 5.12. The van der Waals surface area contributed by atoms with E-state index in [0.29, 0.717) is 0 Å². The molecule has 0 aliphatic heterocycles. The molecule has 0 saturated carbocycles. The Morgan fingerprint density at radius 1 is 1.24 bits per heavy atom. The minimum Gasteiger partial charge on any atom is -0.467 e. The maximum atomic E-state index is 12.0. The highest BCUT2D eigenvalue weighted by Crippen LogP contribution is 2.19. The number of carbonyl (C=O) groups is 2. The number of rotatable bonds is 6. The first kappa shape index (κ1) is 17.1. The van der Waals surface area contributed by atoms with Crippen LogP contribution in [0.1, 0.15) is 19.4 Å². The summed E-state index contributed by atoms with van der Waals surface area (Å²) >= 11 is 0. The van der Waals surface area contributed by atoms with Crippen molar-refractivity contribution < 1.29 is 24.5 Å². The van der Waals surface area contributed by atoms with Crippen LogP contribution in [0.4, 0.5) is 0 Å². The van der Waals surface area contributed by atoms with E-state index in [0.717, 1.165) is 12.7 Å². The van der Waals surface area contributed by atoms with Gasteiger partial charge in [-0.25, -0.2) is 4.79 Å². The fourth-order valence-corrected chi connectivity index (χ4v) is 1.78. The van der Waals surface area contributed by atoms with Crippen molar-refractivity contribution in [3.05, 3.63) is 35.9 Å². The zero-order valence-electron chi connectivity index (χ0n) is 12.4. The fourth-order valence-electron chi connectivity index (χ4n) is 1.78. The van der Waals surface area contributed by atoms with Crippen molar-refractivity contribution in [2.75, 3.05) is 7.11 Å². The summed E-state index contributed by atoms with van der Waals surface area (Å²) in [6.07, 6.45) is 0.0303. The number of benzene rings is 1. The predicted molar refractivity (Wildman–Crippen MR) is 76.1 cm³/mol. The summed E-state index contributed by atoms with van der Waals surface area (Å²) in [5, 5.41) is 22.3. The summed E-state index contributed by atoms with van der Waals surface area (Å²) in [5.74, 6) is -4.46. The van der Waals surface area contributed by atoms with Gasteiger partial charge in [-0.15, -0.1) is 0 Å². The van der Waals surface area contributed by atoms with Crippen LogP contribution in [0.5, 0.6) is 0 Å². The molecule has 0 heterocycles. The topological polar surface area (TPSA) is 95.9 Å². The Balaban J connectivity index is 2.82. The molecule has 0 aromatic heterocycles. The highest BCUT2D eigenvalue weighted by molar-refractivity contribution is 5.86. The minimum atomic E-state index is -2.39. The smallest absolute Gasteiger partial charge is 0.334 e. The lowest BCUT2D eigenvalue weighted by Crippen LogP contribution is -2.60. The molecule has 0 saturated heterocycles. The number of ether oxygens (including phenoxy) is 1. The Kier molecular flexibility index (Phi) is 5.87. The van der Waals surface area contributed by atoms with E-state index in [1.807, 2.05) is 6.07 Å².